The van der Waals surface area contributed by atoms with Crippen LogP contribution in [0.15, 0.2) is 54.1 Å². The summed E-state index contributed by atoms with van der Waals surface area (Å²) in [6, 6.07) is 16.4. The van der Waals surface area contributed by atoms with Crippen molar-refractivity contribution in [3.05, 3.63) is 65.2 Å². The lowest BCUT2D eigenvalue weighted by molar-refractivity contribution is -0.142. The molecule has 0 atom stereocenters. The fourth-order valence-corrected chi connectivity index (χ4v) is 2.22. The number of hydrogen-bond donors (Lipinski definition) is 1. The lowest BCUT2D eigenvalue weighted by Gasteiger charge is -2.13. The standard InChI is InChI=1S/C21H21N3O3/c1-15-4-6-16(7-5-15)12-17(13-22)21(26)27-14-20(25)23-18-8-10-19(11-9-18)24(2)3/h4-12H,14H2,1-3H3,(H,23,25)/b17-12+. The SMILES string of the molecule is Cc1ccc(/C=C(\C#N)C(=O)OCC(=O)Nc2ccc(N(C)C)cc2)cc1. The molecule has 0 heterocycles. The van der Waals surface area contributed by atoms with Gasteiger partial charge in [0.25, 0.3) is 5.91 Å². The van der Waals surface area contributed by atoms with E-state index in [1.54, 1.807) is 30.3 Å². The van der Waals surface area contributed by atoms with Crippen molar-refractivity contribution >= 4 is 29.3 Å². The van der Waals surface area contributed by atoms with Crippen molar-refractivity contribution in [2.45, 2.75) is 6.92 Å². The maximum Gasteiger partial charge on any atom is 0.349 e. The first-order valence-corrected chi connectivity index (χ1v) is 8.32. The van der Waals surface area contributed by atoms with Gasteiger partial charge in [-0.1, -0.05) is 29.8 Å². The van der Waals surface area contributed by atoms with Crippen molar-refractivity contribution in [3.8, 4) is 6.07 Å². The third kappa shape index (κ3) is 6.01. The van der Waals surface area contributed by atoms with Crippen LogP contribution in [0.4, 0.5) is 11.4 Å². The highest BCUT2D eigenvalue weighted by molar-refractivity contribution is 6.00. The van der Waals surface area contributed by atoms with Gasteiger partial charge in [0, 0.05) is 25.5 Å². The van der Waals surface area contributed by atoms with Gasteiger partial charge in [0.1, 0.15) is 11.6 Å². The molecule has 0 fully saturated rings. The molecule has 0 aliphatic rings. The van der Waals surface area contributed by atoms with E-state index in [0.717, 1.165) is 11.3 Å². The van der Waals surface area contributed by atoms with Gasteiger partial charge in [0.2, 0.25) is 0 Å². The minimum Gasteiger partial charge on any atom is -0.451 e. The lowest BCUT2D eigenvalue weighted by atomic mass is 10.1. The highest BCUT2D eigenvalue weighted by atomic mass is 16.5. The van der Waals surface area contributed by atoms with E-state index in [1.165, 1.54) is 6.08 Å². The monoisotopic (exact) mass is 363 g/mol. The van der Waals surface area contributed by atoms with Crippen molar-refractivity contribution in [1.29, 1.82) is 5.26 Å². The zero-order valence-corrected chi connectivity index (χ0v) is 15.5. The Hall–Kier alpha value is -3.59. The van der Waals surface area contributed by atoms with Crippen LogP contribution < -0.4 is 10.2 Å². The largest absolute Gasteiger partial charge is 0.451 e. The van der Waals surface area contributed by atoms with E-state index in [0.29, 0.717) is 11.3 Å². The molecular weight excluding hydrogens is 342 g/mol. The topological polar surface area (TPSA) is 82.4 Å². The molecule has 0 aliphatic heterocycles. The number of aryl methyl sites for hydroxylation is 1. The maximum atomic E-state index is 12.0. The van der Waals surface area contributed by atoms with E-state index in [1.807, 2.05) is 50.2 Å². The zero-order valence-electron chi connectivity index (χ0n) is 15.5. The molecule has 138 valence electrons. The molecule has 0 aliphatic carbocycles. The van der Waals surface area contributed by atoms with Gasteiger partial charge in [-0.3, -0.25) is 4.79 Å². The van der Waals surface area contributed by atoms with Crippen LogP contribution in [0.3, 0.4) is 0 Å². The number of amides is 1. The molecule has 2 aromatic rings. The van der Waals surface area contributed by atoms with Gasteiger partial charge in [0.15, 0.2) is 6.61 Å². The fourth-order valence-electron chi connectivity index (χ4n) is 2.22. The Labute approximate surface area is 158 Å². The predicted octanol–water partition coefficient (Wildman–Crippen LogP) is 3.15. The van der Waals surface area contributed by atoms with E-state index in [4.69, 9.17) is 10.00 Å². The molecule has 1 amide bonds. The summed E-state index contributed by atoms with van der Waals surface area (Å²) in [7, 11) is 3.84. The summed E-state index contributed by atoms with van der Waals surface area (Å²) in [5.74, 6) is -1.32. The molecule has 0 spiro atoms. The van der Waals surface area contributed by atoms with Crippen LogP contribution in [0.2, 0.25) is 0 Å². The summed E-state index contributed by atoms with van der Waals surface area (Å²) in [5, 5.41) is 11.8. The van der Waals surface area contributed by atoms with E-state index < -0.39 is 18.5 Å². The smallest absolute Gasteiger partial charge is 0.349 e. The van der Waals surface area contributed by atoms with Gasteiger partial charge in [-0.2, -0.15) is 5.26 Å². The number of anilines is 2. The van der Waals surface area contributed by atoms with Crippen molar-refractivity contribution < 1.29 is 14.3 Å². The summed E-state index contributed by atoms with van der Waals surface area (Å²) in [6.07, 6.45) is 1.43. The molecule has 1 N–H and O–H groups in total. The van der Waals surface area contributed by atoms with Crippen LogP contribution in [0.1, 0.15) is 11.1 Å². The first-order chi connectivity index (χ1) is 12.9. The summed E-state index contributed by atoms with van der Waals surface area (Å²) in [4.78, 5) is 25.9. The van der Waals surface area contributed by atoms with Crippen LogP contribution >= 0.6 is 0 Å². The predicted molar refractivity (Wildman–Crippen MR) is 105 cm³/mol. The molecule has 0 bridgehead atoms. The first kappa shape index (κ1) is 19.7. The quantitative estimate of drug-likeness (QED) is 0.484. The van der Waals surface area contributed by atoms with E-state index >= 15 is 0 Å². The molecule has 0 saturated heterocycles. The molecule has 27 heavy (non-hydrogen) atoms. The Morgan fingerprint density at radius 2 is 1.74 bits per heavy atom. The average Bonchev–Trinajstić information content (AvgIpc) is 2.66. The number of carbonyl (C=O) groups is 2. The molecule has 0 radical (unpaired) electrons. The van der Waals surface area contributed by atoms with Gasteiger partial charge >= 0.3 is 5.97 Å². The van der Waals surface area contributed by atoms with Gasteiger partial charge in [-0.15, -0.1) is 0 Å². The molecular formula is C21H21N3O3. The Balaban J connectivity index is 1.92. The molecule has 2 rings (SSSR count). The van der Waals surface area contributed by atoms with Crippen molar-refractivity contribution in [2.75, 3.05) is 30.9 Å². The maximum absolute atomic E-state index is 12.0. The van der Waals surface area contributed by atoms with Gasteiger partial charge < -0.3 is 15.0 Å². The van der Waals surface area contributed by atoms with E-state index in [9.17, 15) is 9.59 Å². The van der Waals surface area contributed by atoms with Gasteiger partial charge in [0.05, 0.1) is 0 Å². The second-order valence-electron chi connectivity index (χ2n) is 6.15. The molecule has 0 saturated carbocycles. The Bertz CT molecular complexity index is 876. The number of esters is 1. The van der Waals surface area contributed by atoms with E-state index in [2.05, 4.69) is 5.32 Å². The number of nitriles is 1. The molecule has 2 aromatic carbocycles. The van der Waals surface area contributed by atoms with Crippen molar-refractivity contribution in [2.24, 2.45) is 0 Å². The number of rotatable bonds is 6. The molecule has 6 nitrogen and oxygen atoms in total. The van der Waals surface area contributed by atoms with Crippen molar-refractivity contribution in [3.63, 3.8) is 0 Å². The highest BCUT2D eigenvalue weighted by Crippen LogP contribution is 2.15. The minimum atomic E-state index is -0.837. The number of benzene rings is 2. The third-order valence-electron chi connectivity index (χ3n) is 3.73. The summed E-state index contributed by atoms with van der Waals surface area (Å²) < 4.78 is 4.94. The van der Waals surface area contributed by atoms with Crippen LogP contribution in [-0.4, -0.2) is 32.6 Å². The molecule has 6 heteroatoms. The van der Waals surface area contributed by atoms with Crippen LogP contribution in [0.25, 0.3) is 6.08 Å². The second-order valence-corrected chi connectivity index (χ2v) is 6.15. The normalized spacial score (nSPS) is 10.7. The second kappa shape index (κ2) is 9.20. The van der Waals surface area contributed by atoms with Crippen LogP contribution in [0.5, 0.6) is 0 Å². The highest BCUT2D eigenvalue weighted by Gasteiger charge is 2.13. The number of nitrogens with one attached hydrogen (secondary N) is 1. The number of hydrogen-bond acceptors (Lipinski definition) is 5. The Morgan fingerprint density at radius 1 is 1.11 bits per heavy atom. The van der Waals surface area contributed by atoms with Crippen LogP contribution in [-0.2, 0) is 14.3 Å². The molecule has 0 unspecified atom stereocenters. The number of carbonyl (C=O) groups excluding carboxylic acids is 2. The minimum absolute atomic E-state index is 0.165. The van der Waals surface area contributed by atoms with E-state index in [-0.39, 0.29) is 5.57 Å². The third-order valence-corrected chi connectivity index (χ3v) is 3.73. The first-order valence-electron chi connectivity index (χ1n) is 8.32. The Morgan fingerprint density at radius 3 is 2.30 bits per heavy atom. The van der Waals surface area contributed by atoms with Gasteiger partial charge in [-0.05, 0) is 42.8 Å². The summed E-state index contributed by atoms with van der Waals surface area (Å²) >= 11 is 0. The number of nitrogens with zero attached hydrogens (tertiary/aromatic N) is 2. The summed E-state index contributed by atoms with van der Waals surface area (Å²) in [6.45, 7) is 1.47. The zero-order chi connectivity index (χ0) is 19.8. The summed E-state index contributed by atoms with van der Waals surface area (Å²) in [5.41, 5.74) is 3.21. The van der Waals surface area contributed by atoms with Gasteiger partial charge in [-0.25, -0.2) is 4.79 Å². The fraction of sp³-hybridized carbons (Fsp3) is 0.190. The van der Waals surface area contributed by atoms with Crippen molar-refractivity contribution in [1.82, 2.24) is 0 Å². The Kier molecular flexibility index (Phi) is 6.73. The average molecular weight is 363 g/mol. The lowest BCUT2D eigenvalue weighted by Crippen LogP contribution is -2.21. The van der Waals surface area contributed by atoms with Crippen LogP contribution in [0, 0.1) is 18.3 Å². The molecule has 0 aromatic heterocycles. The number of ether oxygens (including phenoxy) is 1.